The van der Waals surface area contributed by atoms with Gasteiger partial charge in [0.05, 0.1) is 5.56 Å². The Morgan fingerprint density at radius 2 is 1.79 bits per heavy atom. The largest absolute Gasteiger partial charge is 0.454 e. The Hall–Kier alpha value is -2.36. The smallest absolute Gasteiger partial charge is 0.340 e. The van der Waals surface area contributed by atoms with Gasteiger partial charge in [-0.1, -0.05) is 23.8 Å². The van der Waals surface area contributed by atoms with Crippen molar-refractivity contribution in [3.8, 4) is 0 Å². The van der Waals surface area contributed by atoms with Crippen molar-refractivity contribution in [3.05, 3.63) is 57.9 Å². The van der Waals surface area contributed by atoms with E-state index in [1.807, 2.05) is 45.9 Å². The van der Waals surface area contributed by atoms with Gasteiger partial charge >= 0.3 is 5.97 Å². The molecule has 0 saturated heterocycles. The lowest BCUT2D eigenvalue weighted by molar-refractivity contribution is 0.0473. The number of hydrogen-bond donors (Lipinski definition) is 0. The SMILES string of the molecule is Cc1ccc(C(=O)COC(=O)c2cc(C)n(C3CC3)c2C)c(C)c1. The van der Waals surface area contributed by atoms with Crippen LogP contribution in [0.25, 0.3) is 0 Å². The highest BCUT2D eigenvalue weighted by atomic mass is 16.5. The molecule has 4 heteroatoms. The molecule has 24 heavy (non-hydrogen) atoms. The van der Waals surface area contributed by atoms with Crippen LogP contribution in [0.15, 0.2) is 24.3 Å². The maximum absolute atomic E-state index is 12.4. The number of esters is 1. The molecule has 0 radical (unpaired) electrons. The monoisotopic (exact) mass is 325 g/mol. The van der Waals surface area contributed by atoms with Gasteiger partial charge in [0, 0.05) is 23.0 Å². The van der Waals surface area contributed by atoms with Gasteiger partial charge in [0.15, 0.2) is 6.61 Å². The molecule has 0 bridgehead atoms. The normalized spacial score (nSPS) is 13.8. The molecule has 0 aliphatic heterocycles. The summed E-state index contributed by atoms with van der Waals surface area (Å²) in [5.41, 5.74) is 5.18. The third kappa shape index (κ3) is 3.14. The third-order valence-corrected chi connectivity index (χ3v) is 4.63. The Balaban J connectivity index is 1.69. The number of hydrogen-bond acceptors (Lipinski definition) is 3. The molecule has 0 unspecified atom stereocenters. The predicted molar refractivity (Wildman–Crippen MR) is 92.7 cm³/mol. The Labute approximate surface area is 142 Å². The molecule has 0 amide bonds. The molecule has 0 N–H and O–H groups in total. The summed E-state index contributed by atoms with van der Waals surface area (Å²) in [6.45, 7) is 7.59. The van der Waals surface area contributed by atoms with Crippen molar-refractivity contribution < 1.29 is 14.3 Å². The Bertz CT molecular complexity index is 813. The molecule has 4 nitrogen and oxygen atoms in total. The van der Waals surface area contributed by atoms with Gasteiger partial charge in [0.1, 0.15) is 0 Å². The van der Waals surface area contributed by atoms with Crippen LogP contribution in [0, 0.1) is 27.7 Å². The predicted octanol–water partition coefficient (Wildman–Crippen LogP) is 4.10. The average Bonchev–Trinajstić information content (AvgIpc) is 3.30. The molecule has 1 saturated carbocycles. The minimum absolute atomic E-state index is 0.170. The summed E-state index contributed by atoms with van der Waals surface area (Å²) in [5, 5.41) is 0. The molecule has 1 heterocycles. The van der Waals surface area contributed by atoms with Crippen molar-refractivity contribution in [2.75, 3.05) is 6.61 Å². The van der Waals surface area contributed by atoms with Gasteiger partial charge in [-0.05, 0) is 52.2 Å². The van der Waals surface area contributed by atoms with Crippen molar-refractivity contribution in [2.45, 2.75) is 46.6 Å². The lowest BCUT2D eigenvalue weighted by Gasteiger charge is -2.09. The van der Waals surface area contributed by atoms with Crippen molar-refractivity contribution in [1.29, 1.82) is 0 Å². The number of benzene rings is 1. The first-order chi connectivity index (χ1) is 11.4. The summed E-state index contributed by atoms with van der Waals surface area (Å²) in [6.07, 6.45) is 2.33. The van der Waals surface area contributed by atoms with E-state index < -0.39 is 5.97 Å². The third-order valence-electron chi connectivity index (χ3n) is 4.63. The minimum Gasteiger partial charge on any atom is -0.454 e. The van der Waals surface area contributed by atoms with Crippen molar-refractivity contribution in [2.24, 2.45) is 0 Å². The van der Waals surface area contributed by atoms with Crippen LogP contribution in [0.2, 0.25) is 0 Å². The molecule has 1 aromatic carbocycles. The zero-order chi connectivity index (χ0) is 17.4. The van der Waals surface area contributed by atoms with Crippen LogP contribution in [0.3, 0.4) is 0 Å². The number of ketones is 1. The molecule has 0 atom stereocenters. The highest BCUT2D eigenvalue weighted by molar-refractivity contribution is 6.00. The van der Waals surface area contributed by atoms with Crippen LogP contribution in [0.4, 0.5) is 0 Å². The molecular formula is C20H23NO3. The number of nitrogens with zero attached hydrogens (tertiary/aromatic N) is 1. The van der Waals surface area contributed by atoms with Gasteiger partial charge in [-0.2, -0.15) is 0 Å². The molecule has 126 valence electrons. The Morgan fingerprint density at radius 1 is 1.08 bits per heavy atom. The lowest BCUT2D eigenvalue weighted by Crippen LogP contribution is -2.15. The lowest BCUT2D eigenvalue weighted by atomic mass is 10.0. The fourth-order valence-corrected chi connectivity index (χ4v) is 3.29. The molecule has 0 spiro atoms. The molecule has 2 aromatic rings. The average molecular weight is 325 g/mol. The molecular weight excluding hydrogens is 302 g/mol. The van der Waals surface area contributed by atoms with E-state index in [9.17, 15) is 9.59 Å². The molecule has 3 rings (SSSR count). The van der Waals surface area contributed by atoms with E-state index in [4.69, 9.17) is 4.74 Å². The van der Waals surface area contributed by atoms with Crippen molar-refractivity contribution >= 4 is 11.8 Å². The van der Waals surface area contributed by atoms with Gasteiger partial charge in [-0.3, -0.25) is 4.79 Å². The topological polar surface area (TPSA) is 48.3 Å². The number of rotatable bonds is 5. The van der Waals surface area contributed by atoms with E-state index >= 15 is 0 Å². The summed E-state index contributed by atoms with van der Waals surface area (Å²) in [4.78, 5) is 24.7. The first-order valence-corrected chi connectivity index (χ1v) is 8.34. The van der Waals surface area contributed by atoms with Gasteiger partial charge in [0.2, 0.25) is 5.78 Å². The van der Waals surface area contributed by atoms with E-state index in [2.05, 4.69) is 4.57 Å². The van der Waals surface area contributed by atoms with E-state index in [0.29, 0.717) is 17.2 Å². The fraction of sp³-hybridized carbons (Fsp3) is 0.400. The molecule has 1 aromatic heterocycles. The summed E-state index contributed by atoms with van der Waals surface area (Å²) in [7, 11) is 0. The van der Waals surface area contributed by atoms with Crippen LogP contribution in [0.1, 0.15) is 62.1 Å². The van der Waals surface area contributed by atoms with Crippen LogP contribution in [-0.4, -0.2) is 22.9 Å². The molecule has 1 aliphatic carbocycles. The first kappa shape index (κ1) is 16.5. The maximum Gasteiger partial charge on any atom is 0.340 e. The summed E-state index contributed by atoms with van der Waals surface area (Å²) >= 11 is 0. The van der Waals surface area contributed by atoms with Crippen LogP contribution < -0.4 is 0 Å². The summed E-state index contributed by atoms with van der Waals surface area (Å²) in [6, 6.07) is 8.02. The van der Waals surface area contributed by atoms with E-state index in [0.717, 1.165) is 35.4 Å². The standard InChI is InChI=1S/C20H23NO3/c1-12-5-8-17(13(2)9-12)19(22)11-24-20(23)18-10-14(3)21(15(18)4)16-6-7-16/h5,8-10,16H,6-7,11H2,1-4H3. The van der Waals surface area contributed by atoms with Crippen LogP contribution in [0.5, 0.6) is 0 Å². The number of carbonyl (C=O) groups excluding carboxylic acids is 2. The first-order valence-electron chi connectivity index (χ1n) is 8.34. The Kier molecular flexibility index (Phi) is 4.31. The van der Waals surface area contributed by atoms with Gasteiger partial charge in [-0.25, -0.2) is 4.79 Å². The fourth-order valence-electron chi connectivity index (χ4n) is 3.29. The second-order valence-electron chi connectivity index (χ2n) is 6.70. The molecule has 1 fully saturated rings. The number of carbonyl (C=O) groups is 2. The maximum atomic E-state index is 12.4. The van der Waals surface area contributed by atoms with Gasteiger partial charge in [0.25, 0.3) is 0 Å². The summed E-state index contributed by atoms with van der Waals surface area (Å²) < 4.78 is 7.47. The van der Waals surface area contributed by atoms with Gasteiger partial charge in [-0.15, -0.1) is 0 Å². The van der Waals surface area contributed by atoms with Crippen molar-refractivity contribution in [1.82, 2.24) is 4.57 Å². The second-order valence-corrected chi connectivity index (χ2v) is 6.70. The summed E-state index contributed by atoms with van der Waals surface area (Å²) in [5.74, 6) is -0.593. The number of aryl methyl sites for hydroxylation is 3. The Morgan fingerprint density at radius 3 is 2.42 bits per heavy atom. The number of aromatic nitrogens is 1. The minimum atomic E-state index is -0.423. The van der Waals surface area contributed by atoms with Gasteiger partial charge < -0.3 is 9.30 Å². The molecule has 1 aliphatic rings. The van der Waals surface area contributed by atoms with Crippen molar-refractivity contribution in [3.63, 3.8) is 0 Å². The van der Waals surface area contributed by atoms with Crippen LogP contribution in [-0.2, 0) is 4.74 Å². The number of ether oxygens (including phenoxy) is 1. The highest BCUT2D eigenvalue weighted by Gasteiger charge is 2.28. The number of Topliss-reactive ketones (excluding diaryl/α,β-unsaturated/α-hetero) is 1. The highest BCUT2D eigenvalue weighted by Crippen LogP contribution is 2.38. The quantitative estimate of drug-likeness (QED) is 0.614. The zero-order valence-corrected chi connectivity index (χ0v) is 14.7. The van der Waals surface area contributed by atoms with E-state index in [1.54, 1.807) is 6.07 Å². The second kappa shape index (κ2) is 6.27. The van der Waals surface area contributed by atoms with E-state index in [1.165, 1.54) is 0 Å². The van der Waals surface area contributed by atoms with E-state index in [-0.39, 0.29) is 12.4 Å². The zero-order valence-electron chi connectivity index (χ0n) is 14.7. The van der Waals surface area contributed by atoms with Crippen LogP contribution >= 0.6 is 0 Å².